The van der Waals surface area contributed by atoms with Gasteiger partial charge in [-0.3, -0.25) is 5.32 Å². The van der Waals surface area contributed by atoms with Crippen LogP contribution in [0.2, 0.25) is 0 Å². The van der Waals surface area contributed by atoms with Crippen molar-refractivity contribution < 1.29 is 19.4 Å². The summed E-state index contributed by atoms with van der Waals surface area (Å²) < 4.78 is 5.14. The van der Waals surface area contributed by atoms with Crippen molar-refractivity contribution in [2.45, 2.75) is 31.7 Å². The van der Waals surface area contributed by atoms with Gasteiger partial charge in [0.1, 0.15) is 5.60 Å². The zero-order chi connectivity index (χ0) is 14.6. The Morgan fingerprint density at radius 2 is 2.00 bits per heavy atom. The number of nitrogens with one attached hydrogen (secondary N) is 1. The maximum absolute atomic E-state index is 11.7. The molecule has 0 radical (unpaired) electrons. The Hall–Kier alpha value is -1.56. The molecule has 0 saturated heterocycles. The second-order valence-corrected chi connectivity index (χ2v) is 5.50. The maximum atomic E-state index is 11.7. The third kappa shape index (κ3) is 4.90. The van der Waals surface area contributed by atoms with Gasteiger partial charge in [-0.05, 0) is 44.5 Å². The van der Waals surface area contributed by atoms with Gasteiger partial charge in [-0.15, -0.1) is 0 Å². The second-order valence-electron chi connectivity index (χ2n) is 4.94. The molecule has 0 aliphatic heterocycles. The number of anilines is 1. The van der Waals surface area contributed by atoms with Crippen molar-refractivity contribution in [1.29, 1.82) is 0 Å². The van der Waals surface area contributed by atoms with Gasteiger partial charge in [-0.1, -0.05) is 15.9 Å². The molecule has 1 amide bonds. The van der Waals surface area contributed by atoms with Gasteiger partial charge in [-0.2, -0.15) is 0 Å². The van der Waals surface area contributed by atoms with Crippen molar-refractivity contribution in [1.82, 2.24) is 0 Å². The van der Waals surface area contributed by atoms with E-state index in [-0.39, 0.29) is 5.56 Å². The largest absolute Gasteiger partial charge is 0.478 e. The number of benzene rings is 1. The highest BCUT2D eigenvalue weighted by molar-refractivity contribution is 9.08. The van der Waals surface area contributed by atoms with Crippen LogP contribution in [0.3, 0.4) is 0 Å². The fourth-order valence-corrected chi connectivity index (χ4v) is 1.84. The van der Waals surface area contributed by atoms with Crippen LogP contribution in [0.15, 0.2) is 18.2 Å². The Kier molecular flexibility index (Phi) is 4.94. The van der Waals surface area contributed by atoms with Crippen molar-refractivity contribution in [3.8, 4) is 0 Å². The van der Waals surface area contributed by atoms with E-state index in [9.17, 15) is 9.59 Å². The van der Waals surface area contributed by atoms with Crippen LogP contribution < -0.4 is 5.32 Å². The van der Waals surface area contributed by atoms with Gasteiger partial charge in [-0.25, -0.2) is 9.59 Å². The Morgan fingerprint density at radius 3 is 2.47 bits per heavy atom. The summed E-state index contributed by atoms with van der Waals surface area (Å²) in [6.07, 6.45) is -0.572. The molecule has 104 valence electrons. The predicted octanol–water partition coefficient (Wildman–Crippen LogP) is 3.63. The molecule has 19 heavy (non-hydrogen) atoms. The molecule has 0 spiro atoms. The number of halogens is 1. The zero-order valence-corrected chi connectivity index (χ0v) is 12.6. The highest BCUT2D eigenvalue weighted by Crippen LogP contribution is 2.21. The van der Waals surface area contributed by atoms with Crippen LogP contribution in [0.25, 0.3) is 0 Å². The molecule has 0 unspecified atom stereocenters. The van der Waals surface area contributed by atoms with E-state index in [4.69, 9.17) is 9.84 Å². The molecule has 0 heterocycles. The van der Waals surface area contributed by atoms with Crippen molar-refractivity contribution in [3.63, 3.8) is 0 Å². The molecule has 6 heteroatoms. The molecule has 1 rings (SSSR count). The molecule has 0 fully saturated rings. The lowest BCUT2D eigenvalue weighted by Crippen LogP contribution is -2.27. The fourth-order valence-electron chi connectivity index (χ4n) is 1.37. The van der Waals surface area contributed by atoms with E-state index in [2.05, 4.69) is 21.2 Å². The molecule has 2 N–H and O–H groups in total. The van der Waals surface area contributed by atoms with E-state index < -0.39 is 17.7 Å². The van der Waals surface area contributed by atoms with Crippen LogP contribution >= 0.6 is 15.9 Å². The van der Waals surface area contributed by atoms with Crippen LogP contribution in [0.5, 0.6) is 0 Å². The minimum Gasteiger partial charge on any atom is -0.478 e. The third-order valence-electron chi connectivity index (χ3n) is 2.13. The van der Waals surface area contributed by atoms with Crippen molar-refractivity contribution in [2.75, 3.05) is 5.32 Å². The van der Waals surface area contributed by atoms with E-state index in [0.717, 1.165) is 0 Å². The lowest BCUT2D eigenvalue weighted by Gasteiger charge is -2.20. The average molecular weight is 330 g/mol. The van der Waals surface area contributed by atoms with E-state index in [1.54, 1.807) is 26.8 Å². The molecule has 0 bridgehead atoms. The first-order chi connectivity index (χ1) is 8.73. The minimum atomic E-state index is -1.01. The van der Waals surface area contributed by atoms with Crippen LogP contribution in [0.4, 0.5) is 10.5 Å². The Labute approximate surface area is 120 Å². The molecule has 0 saturated carbocycles. The van der Waals surface area contributed by atoms with Crippen molar-refractivity contribution in [3.05, 3.63) is 29.3 Å². The fraction of sp³-hybridized carbons (Fsp3) is 0.385. The number of carboxylic acid groups (broad SMARTS) is 1. The number of alkyl halides is 1. The topological polar surface area (TPSA) is 75.6 Å². The SMILES string of the molecule is CC(C)(C)OC(=O)Nc1ccc(C(=O)O)cc1CBr. The monoisotopic (exact) mass is 329 g/mol. The number of carboxylic acids is 1. The second kappa shape index (κ2) is 6.06. The number of rotatable bonds is 3. The summed E-state index contributed by atoms with van der Waals surface area (Å²) in [5.74, 6) is -1.01. The molecular formula is C13H16BrNO4. The highest BCUT2D eigenvalue weighted by Gasteiger charge is 2.17. The Morgan fingerprint density at radius 1 is 1.37 bits per heavy atom. The predicted molar refractivity (Wildman–Crippen MR) is 75.9 cm³/mol. The van der Waals surface area contributed by atoms with Gasteiger partial charge in [0.15, 0.2) is 0 Å². The summed E-state index contributed by atoms with van der Waals surface area (Å²) in [6.45, 7) is 5.31. The van der Waals surface area contributed by atoms with Gasteiger partial charge in [0.05, 0.1) is 5.56 Å². The summed E-state index contributed by atoms with van der Waals surface area (Å²) in [6, 6.07) is 4.48. The summed E-state index contributed by atoms with van der Waals surface area (Å²) in [5, 5.41) is 11.9. The molecule has 0 atom stereocenters. The molecule has 5 nitrogen and oxygen atoms in total. The number of carbonyl (C=O) groups is 2. The van der Waals surface area contributed by atoms with E-state index in [1.807, 2.05) is 0 Å². The standard InChI is InChI=1S/C13H16BrNO4/c1-13(2,3)19-12(18)15-10-5-4-8(11(16)17)6-9(10)7-14/h4-6H,7H2,1-3H3,(H,15,18)(H,16,17). The lowest BCUT2D eigenvalue weighted by molar-refractivity contribution is 0.0634. The quantitative estimate of drug-likeness (QED) is 0.830. The summed E-state index contributed by atoms with van der Waals surface area (Å²) >= 11 is 3.26. The number of ether oxygens (including phenoxy) is 1. The lowest BCUT2D eigenvalue weighted by atomic mass is 10.1. The van der Waals surface area contributed by atoms with Gasteiger partial charge < -0.3 is 9.84 Å². The Bertz CT molecular complexity index is 494. The number of carbonyl (C=O) groups excluding carboxylic acids is 1. The first kappa shape index (κ1) is 15.5. The van der Waals surface area contributed by atoms with Crippen LogP contribution in [0.1, 0.15) is 36.7 Å². The molecule has 0 aromatic heterocycles. The van der Waals surface area contributed by atoms with E-state index in [1.165, 1.54) is 12.1 Å². The van der Waals surface area contributed by atoms with Gasteiger partial charge in [0, 0.05) is 11.0 Å². The van der Waals surface area contributed by atoms with E-state index in [0.29, 0.717) is 16.6 Å². The molecule has 1 aromatic rings. The van der Waals surface area contributed by atoms with Gasteiger partial charge in [0.2, 0.25) is 0 Å². The molecular weight excluding hydrogens is 314 g/mol. The smallest absolute Gasteiger partial charge is 0.412 e. The van der Waals surface area contributed by atoms with E-state index >= 15 is 0 Å². The molecule has 0 aliphatic carbocycles. The number of hydrogen-bond acceptors (Lipinski definition) is 3. The summed E-state index contributed by atoms with van der Waals surface area (Å²) in [4.78, 5) is 22.5. The van der Waals surface area contributed by atoms with Crippen molar-refractivity contribution >= 4 is 33.7 Å². The van der Waals surface area contributed by atoms with Crippen LogP contribution in [-0.2, 0) is 10.1 Å². The third-order valence-corrected chi connectivity index (χ3v) is 2.74. The maximum Gasteiger partial charge on any atom is 0.412 e. The normalized spacial score (nSPS) is 10.9. The highest BCUT2D eigenvalue weighted by atomic mass is 79.9. The number of hydrogen-bond donors (Lipinski definition) is 2. The average Bonchev–Trinajstić information content (AvgIpc) is 2.26. The molecule has 0 aliphatic rings. The van der Waals surface area contributed by atoms with Crippen LogP contribution in [0, 0.1) is 0 Å². The minimum absolute atomic E-state index is 0.171. The zero-order valence-electron chi connectivity index (χ0n) is 11.0. The summed E-state index contributed by atoms with van der Waals surface area (Å²) in [7, 11) is 0. The molecule has 1 aromatic carbocycles. The number of amides is 1. The van der Waals surface area contributed by atoms with Crippen molar-refractivity contribution in [2.24, 2.45) is 0 Å². The van der Waals surface area contributed by atoms with Gasteiger partial charge in [0.25, 0.3) is 0 Å². The van der Waals surface area contributed by atoms with Crippen LogP contribution in [-0.4, -0.2) is 22.8 Å². The first-order valence-electron chi connectivity index (χ1n) is 5.65. The Balaban J connectivity index is 2.89. The first-order valence-corrected chi connectivity index (χ1v) is 6.77. The van der Waals surface area contributed by atoms with Gasteiger partial charge >= 0.3 is 12.1 Å². The number of aromatic carboxylic acids is 1. The summed E-state index contributed by atoms with van der Waals surface area (Å²) in [5.41, 5.74) is 0.783.